The first kappa shape index (κ1) is 21.3. The van der Waals surface area contributed by atoms with Crippen molar-refractivity contribution < 1.29 is 4.79 Å². The molecule has 0 spiro atoms. The number of rotatable bonds is 7. The number of benzene rings is 1. The lowest BCUT2D eigenvalue weighted by Gasteiger charge is -2.30. The Balaban J connectivity index is 1.49. The third-order valence-electron chi connectivity index (χ3n) is 5.79. The topological polar surface area (TPSA) is 74.6 Å². The molecule has 1 amide bonds. The van der Waals surface area contributed by atoms with Gasteiger partial charge in [0, 0.05) is 30.3 Å². The van der Waals surface area contributed by atoms with E-state index in [1.165, 1.54) is 6.42 Å². The van der Waals surface area contributed by atoms with Crippen LogP contribution in [-0.2, 0) is 0 Å². The van der Waals surface area contributed by atoms with Crippen LogP contribution in [0.5, 0.6) is 0 Å². The fourth-order valence-corrected chi connectivity index (χ4v) is 4.01. The van der Waals surface area contributed by atoms with E-state index in [0.29, 0.717) is 24.1 Å². The lowest BCUT2D eigenvalue weighted by Crippen LogP contribution is -2.39. The summed E-state index contributed by atoms with van der Waals surface area (Å²) < 4.78 is 1.87. The largest absolute Gasteiger partial charge is 0.365 e. The van der Waals surface area contributed by atoms with E-state index in [1.807, 2.05) is 47.1 Å². The Morgan fingerprint density at radius 2 is 2.00 bits per heavy atom. The van der Waals surface area contributed by atoms with Gasteiger partial charge in [-0.05, 0) is 63.0 Å². The molecule has 1 aromatic carbocycles. The van der Waals surface area contributed by atoms with E-state index in [1.54, 1.807) is 0 Å². The lowest BCUT2D eigenvalue weighted by atomic mass is 10.1. The highest BCUT2D eigenvalue weighted by Crippen LogP contribution is 2.22. The Morgan fingerprint density at radius 3 is 2.74 bits per heavy atom. The smallest absolute Gasteiger partial charge is 0.251 e. The van der Waals surface area contributed by atoms with Gasteiger partial charge in [0.05, 0.1) is 11.9 Å². The molecule has 0 radical (unpaired) electrons. The average molecular weight is 421 g/mol. The molecule has 2 N–H and O–H groups in total. The summed E-state index contributed by atoms with van der Waals surface area (Å²) in [5.74, 6) is 1.39. The summed E-state index contributed by atoms with van der Waals surface area (Å²) in [5.41, 5.74) is 3.36. The van der Waals surface area contributed by atoms with Crippen molar-refractivity contribution in [2.45, 2.75) is 39.2 Å². The summed E-state index contributed by atoms with van der Waals surface area (Å²) in [5, 5.41) is 11.3. The van der Waals surface area contributed by atoms with Crippen molar-refractivity contribution in [1.29, 1.82) is 0 Å². The summed E-state index contributed by atoms with van der Waals surface area (Å²) in [4.78, 5) is 19.2. The van der Waals surface area contributed by atoms with Crippen LogP contribution in [0.3, 0.4) is 0 Å². The lowest BCUT2D eigenvalue weighted by molar-refractivity contribution is 0.0952. The number of likely N-dealkylation sites (tertiary alicyclic amines) is 1. The van der Waals surface area contributed by atoms with Gasteiger partial charge < -0.3 is 15.5 Å². The minimum atomic E-state index is -0.0348. The van der Waals surface area contributed by atoms with E-state index in [0.717, 1.165) is 48.7 Å². The summed E-state index contributed by atoms with van der Waals surface area (Å²) in [7, 11) is 2.16. The second-order valence-electron chi connectivity index (χ2n) is 8.89. The van der Waals surface area contributed by atoms with E-state index in [-0.39, 0.29) is 5.91 Å². The van der Waals surface area contributed by atoms with E-state index in [9.17, 15) is 4.79 Å². The standard InChI is InChI=1S/C24H32N6O/c1-17(2)12-13-25-24(31)19-8-6-18(7-9-19)21-15-26-23-11-10-22(28-30(21)23)27-20-5-4-14-29(3)16-20/h6-11,15,17,20H,4-5,12-14,16H2,1-3H3,(H,25,31)(H,27,28). The second-order valence-corrected chi connectivity index (χ2v) is 8.89. The Morgan fingerprint density at radius 1 is 1.19 bits per heavy atom. The second kappa shape index (κ2) is 9.47. The van der Waals surface area contributed by atoms with Crippen LogP contribution in [0.15, 0.2) is 42.6 Å². The quantitative estimate of drug-likeness (QED) is 0.610. The van der Waals surface area contributed by atoms with Crippen molar-refractivity contribution in [2.24, 2.45) is 5.92 Å². The van der Waals surface area contributed by atoms with Gasteiger partial charge >= 0.3 is 0 Å². The van der Waals surface area contributed by atoms with E-state index >= 15 is 0 Å². The molecular formula is C24H32N6O. The average Bonchev–Trinajstić information content (AvgIpc) is 3.17. The Bertz CT molecular complexity index is 1030. The van der Waals surface area contributed by atoms with Gasteiger partial charge in [-0.15, -0.1) is 5.10 Å². The predicted octanol–water partition coefficient (Wildman–Crippen LogP) is 3.68. The van der Waals surface area contributed by atoms with Crippen molar-refractivity contribution >= 4 is 17.4 Å². The third-order valence-corrected chi connectivity index (χ3v) is 5.79. The van der Waals surface area contributed by atoms with Crippen LogP contribution in [0.1, 0.15) is 43.5 Å². The molecule has 0 saturated carbocycles. The van der Waals surface area contributed by atoms with Crippen LogP contribution in [-0.4, -0.2) is 58.1 Å². The first-order valence-electron chi connectivity index (χ1n) is 11.2. The number of anilines is 1. The van der Waals surface area contributed by atoms with Crippen molar-refractivity contribution in [3.63, 3.8) is 0 Å². The van der Waals surface area contributed by atoms with E-state index in [2.05, 4.69) is 41.4 Å². The van der Waals surface area contributed by atoms with Gasteiger partial charge in [-0.1, -0.05) is 26.0 Å². The Hall–Kier alpha value is -2.93. The van der Waals surface area contributed by atoms with Crippen LogP contribution >= 0.6 is 0 Å². The molecule has 7 nitrogen and oxygen atoms in total. The molecule has 7 heteroatoms. The molecule has 0 aliphatic carbocycles. The molecule has 2 aromatic heterocycles. The van der Waals surface area contributed by atoms with Crippen LogP contribution in [0.4, 0.5) is 5.82 Å². The maximum Gasteiger partial charge on any atom is 0.251 e. The van der Waals surface area contributed by atoms with E-state index in [4.69, 9.17) is 5.10 Å². The highest BCUT2D eigenvalue weighted by Gasteiger charge is 2.18. The van der Waals surface area contributed by atoms with Crippen LogP contribution in [0.2, 0.25) is 0 Å². The SMILES string of the molecule is CC(C)CCNC(=O)c1ccc(-c2cnc3ccc(NC4CCCN(C)C4)nn23)cc1. The molecule has 31 heavy (non-hydrogen) atoms. The summed E-state index contributed by atoms with van der Waals surface area (Å²) >= 11 is 0. The maximum atomic E-state index is 12.3. The number of hydrogen-bond donors (Lipinski definition) is 2. The van der Waals surface area contributed by atoms with Gasteiger partial charge in [0.15, 0.2) is 5.65 Å². The van der Waals surface area contributed by atoms with Gasteiger partial charge in [0.1, 0.15) is 5.82 Å². The minimum Gasteiger partial charge on any atom is -0.365 e. The van der Waals surface area contributed by atoms with Gasteiger partial charge in [-0.25, -0.2) is 9.50 Å². The monoisotopic (exact) mass is 420 g/mol. The number of aromatic nitrogens is 3. The number of carbonyl (C=O) groups excluding carboxylic acids is 1. The molecule has 4 rings (SSSR count). The zero-order valence-electron chi connectivity index (χ0n) is 18.6. The zero-order valence-corrected chi connectivity index (χ0v) is 18.6. The number of nitrogens with one attached hydrogen (secondary N) is 2. The van der Waals surface area contributed by atoms with Crippen molar-refractivity contribution in [3.8, 4) is 11.3 Å². The first-order chi connectivity index (χ1) is 15.0. The maximum absolute atomic E-state index is 12.3. The third kappa shape index (κ3) is 5.22. The number of imidazole rings is 1. The van der Waals surface area contributed by atoms with Crippen LogP contribution in [0.25, 0.3) is 16.9 Å². The highest BCUT2D eigenvalue weighted by molar-refractivity contribution is 5.94. The summed E-state index contributed by atoms with van der Waals surface area (Å²) in [6.45, 7) is 7.18. The number of nitrogens with zero attached hydrogens (tertiary/aromatic N) is 4. The molecule has 164 valence electrons. The zero-order chi connectivity index (χ0) is 21.8. The molecule has 1 saturated heterocycles. The predicted molar refractivity (Wildman–Crippen MR) is 124 cm³/mol. The van der Waals surface area contributed by atoms with Gasteiger partial charge in [-0.2, -0.15) is 0 Å². The van der Waals surface area contributed by atoms with Crippen molar-refractivity contribution in [1.82, 2.24) is 24.8 Å². The minimum absolute atomic E-state index is 0.0348. The molecule has 3 aromatic rings. The normalized spacial score (nSPS) is 17.2. The number of amides is 1. The highest BCUT2D eigenvalue weighted by atomic mass is 16.1. The van der Waals surface area contributed by atoms with Gasteiger partial charge in [0.25, 0.3) is 5.91 Å². The number of hydrogen-bond acceptors (Lipinski definition) is 5. The molecule has 1 fully saturated rings. The molecule has 0 bridgehead atoms. The Kier molecular flexibility index (Phi) is 6.51. The number of fused-ring (bicyclic) bond motifs is 1. The van der Waals surface area contributed by atoms with E-state index < -0.39 is 0 Å². The van der Waals surface area contributed by atoms with Crippen molar-refractivity contribution in [3.05, 3.63) is 48.2 Å². The molecule has 1 aliphatic rings. The summed E-state index contributed by atoms with van der Waals surface area (Å²) in [6.07, 6.45) is 5.16. The molecule has 1 unspecified atom stereocenters. The number of carbonyl (C=O) groups is 1. The van der Waals surface area contributed by atoms with Crippen LogP contribution in [0, 0.1) is 5.92 Å². The van der Waals surface area contributed by atoms with Crippen molar-refractivity contribution in [2.75, 3.05) is 32.0 Å². The fourth-order valence-electron chi connectivity index (χ4n) is 4.01. The molecule has 3 heterocycles. The van der Waals surface area contributed by atoms with Crippen LogP contribution < -0.4 is 10.6 Å². The molecule has 1 aliphatic heterocycles. The van der Waals surface area contributed by atoms with Gasteiger partial charge in [0.2, 0.25) is 0 Å². The number of piperidine rings is 1. The summed E-state index contributed by atoms with van der Waals surface area (Å²) in [6, 6.07) is 12.0. The first-order valence-corrected chi connectivity index (χ1v) is 11.2. The fraction of sp³-hybridized carbons (Fsp3) is 0.458. The number of likely N-dealkylation sites (N-methyl/N-ethyl adjacent to an activating group) is 1. The van der Waals surface area contributed by atoms with Gasteiger partial charge in [-0.3, -0.25) is 4.79 Å². The molecular weight excluding hydrogens is 388 g/mol. The Labute approximate surface area is 183 Å². The molecule has 1 atom stereocenters.